The molecule has 4 aromatic carbocycles. The zero-order valence-corrected chi connectivity index (χ0v) is 32.1. The number of rotatable bonds is 8. The molecule has 8 rings (SSSR count). The van der Waals surface area contributed by atoms with E-state index in [4.69, 9.17) is 27.9 Å². The Balaban J connectivity index is 1.35. The van der Waals surface area contributed by atoms with Crippen molar-refractivity contribution in [1.82, 2.24) is 5.01 Å². The van der Waals surface area contributed by atoms with Crippen molar-refractivity contribution >= 4 is 74.1 Å². The van der Waals surface area contributed by atoms with Crippen molar-refractivity contribution in [2.24, 2.45) is 23.7 Å². The second kappa shape index (κ2) is 13.7. The number of imide groups is 2. The number of fused-ring (bicyclic) bond motifs is 4. The van der Waals surface area contributed by atoms with Crippen LogP contribution in [0.1, 0.15) is 35.4 Å². The summed E-state index contributed by atoms with van der Waals surface area (Å²) in [7, 11) is 1.54. The van der Waals surface area contributed by atoms with Crippen LogP contribution in [0.25, 0.3) is 0 Å². The van der Waals surface area contributed by atoms with Crippen molar-refractivity contribution in [3.8, 4) is 11.5 Å². The molecule has 2 aliphatic heterocycles. The molecule has 6 atom stereocenters. The van der Waals surface area contributed by atoms with Crippen LogP contribution in [0.3, 0.4) is 0 Å². The second-order valence-corrected chi connectivity index (χ2v) is 15.8. The first-order valence-corrected chi connectivity index (χ1v) is 19.1. The van der Waals surface area contributed by atoms with Crippen LogP contribution in [0.5, 0.6) is 11.5 Å². The summed E-state index contributed by atoms with van der Waals surface area (Å²) < 4.78 is 6.28. The molecule has 0 bridgehead atoms. The Labute approximate surface area is 330 Å². The van der Waals surface area contributed by atoms with Gasteiger partial charge in [-0.15, -0.1) is 6.58 Å². The Hall–Kier alpha value is -4.90. The third-order valence-electron chi connectivity index (χ3n) is 11.5. The van der Waals surface area contributed by atoms with E-state index < -0.39 is 46.8 Å². The van der Waals surface area contributed by atoms with Crippen LogP contribution < -0.4 is 15.1 Å². The Bertz CT molecular complexity index is 2280. The van der Waals surface area contributed by atoms with E-state index in [1.807, 2.05) is 12.1 Å². The molecule has 54 heavy (non-hydrogen) atoms. The fourth-order valence-electron chi connectivity index (χ4n) is 9.20. The summed E-state index contributed by atoms with van der Waals surface area (Å²) in [6.07, 6.45) is 4.32. The number of anilines is 2. The molecule has 3 fully saturated rings. The third-order valence-corrected chi connectivity index (χ3v) is 12.6. The number of allylic oxidation sites excluding steroid dienone is 3. The van der Waals surface area contributed by atoms with Crippen molar-refractivity contribution in [2.45, 2.75) is 30.6 Å². The average Bonchev–Trinajstić information content (AvgIpc) is 3.55. The minimum absolute atomic E-state index is 0.0320. The predicted octanol–water partition coefficient (Wildman–Crippen LogP) is 8.39. The molecular formula is C42H34BrCl2N3O6. The number of halogens is 3. The van der Waals surface area contributed by atoms with Gasteiger partial charge in [0.1, 0.15) is 11.5 Å². The number of hydrazine groups is 1. The topological polar surface area (TPSA) is 116 Å². The van der Waals surface area contributed by atoms with Gasteiger partial charge in [-0.3, -0.25) is 29.5 Å². The Kier molecular flexibility index (Phi) is 9.19. The first kappa shape index (κ1) is 36.1. The van der Waals surface area contributed by atoms with E-state index in [2.05, 4.69) is 27.9 Å². The summed E-state index contributed by atoms with van der Waals surface area (Å²) in [5.74, 6) is -5.27. The maximum Gasteiger partial charge on any atom is 0.260 e. The largest absolute Gasteiger partial charge is 0.507 e. The lowest BCUT2D eigenvalue weighted by molar-refractivity contribution is -0.138. The first-order chi connectivity index (χ1) is 26.0. The van der Waals surface area contributed by atoms with Gasteiger partial charge in [0.05, 0.1) is 46.7 Å². The van der Waals surface area contributed by atoms with Crippen LogP contribution in [0.15, 0.2) is 114 Å². The number of nitrogens with zero attached hydrogens (tertiary/aromatic N) is 2. The standard InChI is InChI=1S/C42H34BrCl2N3O6/c1-3-5-22-6-4-7-30(37(22)49)36-28-17-18-29-35(40(52)47(38(29)50)26-13-10-24(43)11-14-26)31(28)21-32-39(51)48(46-34-19-12-25(44)20-33(34)45)41(53)42(32,36)23-8-15-27(54-2)16-9-23/h3-4,6-17,19-20,29,31-32,35-36,46,49H,1,5,18,21H2,2H3. The molecule has 0 spiro atoms. The number of para-hydroxylation sites is 1. The van der Waals surface area contributed by atoms with Gasteiger partial charge >= 0.3 is 0 Å². The minimum atomic E-state index is -1.61. The van der Waals surface area contributed by atoms with Gasteiger partial charge in [0.2, 0.25) is 11.8 Å². The van der Waals surface area contributed by atoms with Gasteiger partial charge in [0.15, 0.2) is 0 Å². The highest BCUT2D eigenvalue weighted by Crippen LogP contribution is 2.65. The van der Waals surface area contributed by atoms with E-state index >= 15 is 4.79 Å². The molecule has 2 N–H and O–H groups in total. The van der Waals surface area contributed by atoms with Gasteiger partial charge in [0, 0.05) is 21.0 Å². The number of hydrogen-bond donors (Lipinski definition) is 2. The fraction of sp³-hybridized carbons (Fsp3) is 0.238. The molecule has 0 aromatic heterocycles. The SMILES string of the molecule is C=CCc1cccc(C2C3=CCC4C(=O)N(c5ccc(Br)cc5)C(=O)C4C3CC3C(=O)N(Nc4ccc(Cl)cc4Cl)C(=O)C32c2ccc(OC)cc2)c1O. The highest BCUT2D eigenvalue weighted by Gasteiger charge is 2.70. The molecule has 2 heterocycles. The zero-order valence-electron chi connectivity index (χ0n) is 29.0. The first-order valence-electron chi connectivity index (χ1n) is 17.5. The van der Waals surface area contributed by atoms with E-state index in [-0.39, 0.29) is 41.1 Å². The zero-order chi connectivity index (χ0) is 38.1. The Morgan fingerprint density at radius 2 is 1.70 bits per heavy atom. The number of phenols is 1. The third kappa shape index (κ3) is 5.40. The molecule has 1 saturated carbocycles. The molecule has 2 aliphatic carbocycles. The normalized spacial score (nSPS) is 25.9. The molecule has 4 amide bonds. The van der Waals surface area contributed by atoms with E-state index in [0.29, 0.717) is 39.6 Å². The van der Waals surface area contributed by atoms with Gasteiger partial charge < -0.3 is 9.84 Å². The fourth-order valence-corrected chi connectivity index (χ4v) is 9.91. The maximum absolute atomic E-state index is 15.5. The van der Waals surface area contributed by atoms with E-state index in [9.17, 15) is 19.5 Å². The second-order valence-electron chi connectivity index (χ2n) is 14.0. The number of benzene rings is 4. The number of amides is 4. The maximum atomic E-state index is 15.5. The number of methoxy groups -OCH3 is 1. The molecule has 12 heteroatoms. The molecule has 4 aromatic rings. The quantitative estimate of drug-likeness (QED) is 0.136. The molecule has 274 valence electrons. The summed E-state index contributed by atoms with van der Waals surface area (Å²) in [5.41, 5.74) is 4.41. The van der Waals surface area contributed by atoms with Crippen LogP contribution >= 0.6 is 39.1 Å². The van der Waals surface area contributed by atoms with Crippen LogP contribution in [-0.2, 0) is 31.0 Å². The molecular weight excluding hydrogens is 793 g/mol. The lowest BCUT2D eigenvalue weighted by atomic mass is 9.49. The molecule has 6 unspecified atom stereocenters. The lowest BCUT2D eigenvalue weighted by Gasteiger charge is -2.50. The number of carbonyl (C=O) groups excluding carboxylic acids is 4. The van der Waals surface area contributed by atoms with Gasteiger partial charge in [0.25, 0.3) is 11.8 Å². The number of phenolic OH excluding ortho intramolecular Hbond substituents is 1. The summed E-state index contributed by atoms with van der Waals surface area (Å²) in [5, 5.41) is 13.6. The summed E-state index contributed by atoms with van der Waals surface area (Å²) in [6, 6.07) is 24.1. The number of carbonyl (C=O) groups is 4. The van der Waals surface area contributed by atoms with E-state index in [1.54, 1.807) is 86.0 Å². The van der Waals surface area contributed by atoms with E-state index in [0.717, 1.165) is 15.1 Å². The summed E-state index contributed by atoms with van der Waals surface area (Å²) >= 11 is 16.2. The number of hydrogen-bond acceptors (Lipinski definition) is 7. The monoisotopic (exact) mass is 825 g/mol. The van der Waals surface area contributed by atoms with Crippen molar-refractivity contribution in [3.05, 3.63) is 140 Å². The molecule has 4 aliphatic rings. The van der Waals surface area contributed by atoms with Crippen molar-refractivity contribution in [3.63, 3.8) is 0 Å². The van der Waals surface area contributed by atoms with Crippen LogP contribution in [0, 0.1) is 23.7 Å². The van der Waals surface area contributed by atoms with Gasteiger partial charge in [-0.1, -0.05) is 87.2 Å². The van der Waals surface area contributed by atoms with Crippen molar-refractivity contribution in [1.29, 1.82) is 0 Å². The van der Waals surface area contributed by atoms with Gasteiger partial charge in [-0.2, -0.15) is 5.01 Å². The van der Waals surface area contributed by atoms with Gasteiger partial charge in [-0.05, 0) is 90.9 Å². The molecule has 9 nitrogen and oxygen atoms in total. The number of aromatic hydroxyl groups is 1. The van der Waals surface area contributed by atoms with Crippen molar-refractivity contribution in [2.75, 3.05) is 17.4 Å². The number of nitrogens with one attached hydrogen (secondary N) is 1. The van der Waals surface area contributed by atoms with Crippen LogP contribution in [-0.4, -0.2) is 40.9 Å². The minimum Gasteiger partial charge on any atom is -0.507 e. The average molecular weight is 828 g/mol. The van der Waals surface area contributed by atoms with Crippen LogP contribution in [0.2, 0.25) is 10.0 Å². The number of ether oxygens (including phenoxy) is 1. The smallest absolute Gasteiger partial charge is 0.260 e. The highest BCUT2D eigenvalue weighted by molar-refractivity contribution is 9.10. The van der Waals surface area contributed by atoms with Crippen molar-refractivity contribution < 1.29 is 29.0 Å². The highest BCUT2D eigenvalue weighted by atomic mass is 79.9. The van der Waals surface area contributed by atoms with E-state index in [1.165, 1.54) is 11.0 Å². The molecule has 0 radical (unpaired) electrons. The molecule has 2 saturated heterocycles. The summed E-state index contributed by atoms with van der Waals surface area (Å²) in [4.78, 5) is 60.3. The summed E-state index contributed by atoms with van der Waals surface area (Å²) in [6.45, 7) is 3.86. The predicted molar refractivity (Wildman–Crippen MR) is 209 cm³/mol. The van der Waals surface area contributed by atoms with Gasteiger partial charge in [-0.25, -0.2) is 0 Å². The lowest BCUT2D eigenvalue weighted by Crippen LogP contribution is -2.53. The van der Waals surface area contributed by atoms with Crippen LogP contribution in [0.4, 0.5) is 11.4 Å². The Morgan fingerprint density at radius 1 is 0.963 bits per heavy atom. The Morgan fingerprint density at radius 3 is 2.39 bits per heavy atom.